The van der Waals surface area contributed by atoms with E-state index in [-0.39, 0.29) is 18.3 Å². The molecule has 2 atom stereocenters. The Morgan fingerprint density at radius 3 is 2.25 bits per heavy atom. The monoisotopic (exact) mass is 357 g/mol. The Bertz CT molecular complexity index is 668. The van der Waals surface area contributed by atoms with Gasteiger partial charge in [0.1, 0.15) is 6.04 Å². The molecule has 0 aliphatic heterocycles. The van der Waals surface area contributed by atoms with Crippen LogP contribution in [0.15, 0.2) is 24.3 Å². The first-order valence-electron chi connectivity index (χ1n) is 7.69. The lowest BCUT2D eigenvalue weighted by Crippen LogP contribution is -2.45. The molecule has 0 fully saturated rings. The highest BCUT2D eigenvalue weighted by atomic mass is 32.2. The van der Waals surface area contributed by atoms with Crippen LogP contribution in [0.5, 0.6) is 0 Å². The van der Waals surface area contributed by atoms with Gasteiger partial charge in [-0.1, -0.05) is 32.4 Å². The number of hydrogen-bond donors (Lipinski definition) is 2. The summed E-state index contributed by atoms with van der Waals surface area (Å²) < 4.78 is 31.5. The maximum atomic E-state index is 12.2. The Morgan fingerprint density at radius 2 is 1.79 bits per heavy atom. The summed E-state index contributed by atoms with van der Waals surface area (Å²) in [5, 5.41) is 9.17. The van der Waals surface area contributed by atoms with Crippen LogP contribution in [0.25, 0.3) is 0 Å². The molecule has 7 nitrogen and oxygen atoms in total. The van der Waals surface area contributed by atoms with Gasteiger partial charge >= 0.3 is 11.9 Å². The summed E-state index contributed by atoms with van der Waals surface area (Å²) >= 11 is 0. The number of nitrogens with one attached hydrogen (secondary N) is 1. The van der Waals surface area contributed by atoms with Crippen LogP contribution in [0, 0.1) is 5.92 Å². The van der Waals surface area contributed by atoms with E-state index >= 15 is 0 Å². The Labute approximate surface area is 142 Å². The first-order chi connectivity index (χ1) is 11.2. The Kier molecular flexibility index (Phi) is 7.37. The van der Waals surface area contributed by atoms with Crippen molar-refractivity contribution < 1.29 is 27.9 Å². The first-order valence-corrected chi connectivity index (χ1v) is 9.34. The van der Waals surface area contributed by atoms with Gasteiger partial charge in [-0.3, -0.25) is 4.79 Å². The summed E-state index contributed by atoms with van der Waals surface area (Å²) in [4.78, 5) is 22.8. The first kappa shape index (κ1) is 20.1. The van der Waals surface area contributed by atoms with Crippen LogP contribution in [-0.2, 0) is 25.3 Å². The maximum absolute atomic E-state index is 12.2. The zero-order valence-electron chi connectivity index (χ0n) is 14.0. The highest BCUT2D eigenvalue weighted by Crippen LogP contribution is 2.13. The fraction of sp³-hybridized carbons (Fsp3) is 0.500. The second-order valence-corrected chi connectivity index (χ2v) is 7.25. The Balaban J connectivity index is 2.83. The van der Waals surface area contributed by atoms with E-state index in [4.69, 9.17) is 4.74 Å². The molecule has 0 radical (unpaired) electrons. The number of carbonyl (C=O) groups is 2. The largest absolute Gasteiger partial charge is 0.480 e. The molecule has 0 bridgehead atoms. The number of hydrogen-bond acceptors (Lipinski definition) is 5. The Hall–Kier alpha value is -1.93. The van der Waals surface area contributed by atoms with Crippen molar-refractivity contribution in [3.8, 4) is 0 Å². The number of carbonyl (C=O) groups excluding carboxylic acids is 1. The van der Waals surface area contributed by atoms with Gasteiger partial charge in [0.25, 0.3) is 0 Å². The third-order valence-corrected chi connectivity index (χ3v) is 4.93. The molecular formula is C16H23NO6S. The zero-order chi connectivity index (χ0) is 18.3. The highest BCUT2D eigenvalue weighted by molar-refractivity contribution is 7.88. The normalized spacial score (nSPS) is 14.0. The summed E-state index contributed by atoms with van der Waals surface area (Å²) in [7, 11) is -3.82. The SMILES string of the molecule is CCOC(=O)c1ccc(CS(=O)(=O)N[C@H](C(=O)O)[C@@H](C)CC)cc1. The van der Waals surface area contributed by atoms with Gasteiger partial charge in [0.05, 0.1) is 17.9 Å². The number of sulfonamides is 1. The molecule has 0 amide bonds. The summed E-state index contributed by atoms with van der Waals surface area (Å²) in [5.74, 6) is -2.38. The molecule has 0 unspecified atom stereocenters. The third-order valence-electron chi connectivity index (χ3n) is 3.61. The second kappa shape index (κ2) is 8.79. The van der Waals surface area contributed by atoms with E-state index in [0.29, 0.717) is 17.5 Å². The van der Waals surface area contributed by atoms with Crippen LogP contribution in [0.3, 0.4) is 0 Å². The quantitative estimate of drug-likeness (QED) is 0.652. The molecule has 0 spiro atoms. The minimum atomic E-state index is -3.82. The molecule has 24 heavy (non-hydrogen) atoms. The van der Waals surface area contributed by atoms with Gasteiger partial charge in [-0.25, -0.2) is 17.9 Å². The van der Waals surface area contributed by atoms with Gasteiger partial charge in [-0.05, 0) is 30.5 Å². The lowest BCUT2D eigenvalue weighted by atomic mass is 10.0. The van der Waals surface area contributed by atoms with Crippen molar-refractivity contribution in [1.29, 1.82) is 0 Å². The average molecular weight is 357 g/mol. The fourth-order valence-corrected chi connectivity index (χ4v) is 3.49. The van der Waals surface area contributed by atoms with E-state index in [2.05, 4.69) is 4.72 Å². The number of aliphatic carboxylic acids is 1. The number of rotatable bonds is 9. The van der Waals surface area contributed by atoms with Crippen LogP contribution in [-0.4, -0.2) is 38.1 Å². The van der Waals surface area contributed by atoms with Crippen LogP contribution < -0.4 is 4.72 Å². The van der Waals surface area contributed by atoms with Crippen molar-refractivity contribution in [3.05, 3.63) is 35.4 Å². The number of ether oxygens (including phenoxy) is 1. The van der Waals surface area contributed by atoms with E-state index in [1.54, 1.807) is 20.8 Å². The van der Waals surface area contributed by atoms with Crippen molar-refractivity contribution in [2.75, 3.05) is 6.61 Å². The van der Waals surface area contributed by atoms with Gasteiger partial charge in [0, 0.05) is 0 Å². The molecule has 0 aliphatic rings. The van der Waals surface area contributed by atoms with Crippen LogP contribution in [0.4, 0.5) is 0 Å². The van der Waals surface area contributed by atoms with Crippen molar-refractivity contribution in [2.45, 2.75) is 39.0 Å². The molecule has 0 aromatic heterocycles. The minimum absolute atomic E-state index is 0.255. The third kappa shape index (κ3) is 5.93. The molecule has 2 N–H and O–H groups in total. The maximum Gasteiger partial charge on any atom is 0.338 e. The number of carboxylic acids is 1. The van der Waals surface area contributed by atoms with Gasteiger partial charge in [-0.15, -0.1) is 0 Å². The summed E-state index contributed by atoms with van der Waals surface area (Å²) in [6, 6.07) is 4.80. The lowest BCUT2D eigenvalue weighted by Gasteiger charge is -2.20. The summed E-state index contributed by atoms with van der Waals surface area (Å²) in [5.41, 5.74) is 0.776. The predicted octanol–water partition coefficient (Wildman–Crippen LogP) is 1.78. The molecule has 8 heteroatoms. The molecule has 0 saturated carbocycles. The van der Waals surface area contributed by atoms with E-state index in [1.165, 1.54) is 24.3 Å². The molecule has 0 heterocycles. The van der Waals surface area contributed by atoms with Crippen molar-refractivity contribution in [3.63, 3.8) is 0 Å². The van der Waals surface area contributed by atoms with E-state index in [9.17, 15) is 23.1 Å². The molecule has 134 valence electrons. The van der Waals surface area contributed by atoms with Gasteiger partial charge in [0.15, 0.2) is 0 Å². The standard InChI is InChI=1S/C16H23NO6S/c1-4-11(3)14(15(18)19)17-24(21,22)10-12-6-8-13(9-7-12)16(20)23-5-2/h6-9,11,14,17H,4-5,10H2,1-3H3,(H,18,19)/t11-,14-/m0/s1. The summed E-state index contributed by atoms with van der Waals surface area (Å²) in [6.07, 6.45) is 0.535. The van der Waals surface area contributed by atoms with E-state index < -0.39 is 28.0 Å². The predicted molar refractivity (Wildman–Crippen MR) is 89.0 cm³/mol. The molecule has 1 rings (SSSR count). The minimum Gasteiger partial charge on any atom is -0.480 e. The van der Waals surface area contributed by atoms with Crippen molar-refractivity contribution in [2.24, 2.45) is 5.92 Å². The molecule has 0 aliphatic carbocycles. The second-order valence-electron chi connectivity index (χ2n) is 5.50. The van der Waals surface area contributed by atoms with E-state index in [0.717, 1.165) is 0 Å². The topological polar surface area (TPSA) is 110 Å². The number of carboxylic acid groups (broad SMARTS) is 1. The highest BCUT2D eigenvalue weighted by Gasteiger charge is 2.28. The average Bonchev–Trinajstić information content (AvgIpc) is 2.52. The van der Waals surface area contributed by atoms with Crippen molar-refractivity contribution >= 4 is 22.0 Å². The van der Waals surface area contributed by atoms with Gasteiger partial charge in [0.2, 0.25) is 10.0 Å². The number of esters is 1. The smallest absolute Gasteiger partial charge is 0.338 e. The Morgan fingerprint density at radius 1 is 1.21 bits per heavy atom. The molecule has 1 aromatic rings. The van der Waals surface area contributed by atoms with Crippen LogP contribution in [0.2, 0.25) is 0 Å². The molecular weight excluding hydrogens is 334 g/mol. The van der Waals surface area contributed by atoms with E-state index in [1.807, 2.05) is 0 Å². The van der Waals surface area contributed by atoms with Gasteiger partial charge in [-0.2, -0.15) is 0 Å². The zero-order valence-corrected chi connectivity index (χ0v) is 14.8. The lowest BCUT2D eigenvalue weighted by molar-refractivity contribution is -0.140. The summed E-state index contributed by atoms with van der Waals surface area (Å²) in [6.45, 7) is 5.42. The molecule has 0 saturated heterocycles. The number of benzene rings is 1. The van der Waals surface area contributed by atoms with Crippen LogP contribution in [0.1, 0.15) is 43.1 Å². The van der Waals surface area contributed by atoms with Crippen LogP contribution >= 0.6 is 0 Å². The van der Waals surface area contributed by atoms with Crippen molar-refractivity contribution in [1.82, 2.24) is 4.72 Å². The molecule has 1 aromatic carbocycles. The fourth-order valence-electron chi connectivity index (χ4n) is 2.05. The van der Waals surface area contributed by atoms with Gasteiger partial charge < -0.3 is 9.84 Å².